The van der Waals surface area contributed by atoms with Gasteiger partial charge in [-0.05, 0) is 36.4 Å². The number of aromatic hydroxyl groups is 9. The van der Waals surface area contributed by atoms with Crippen LogP contribution in [0, 0.1) is 0 Å². The zero-order chi connectivity index (χ0) is 33.3. The number of esters is 3. The molecule has 3 aromatic rings. The fraction of sp³-hybridized carbons (Fsp3) is 0.222. The highest BCUT2D eigenvalue weighted by atomic mass is 16.7. The Balaban J connectivity index is 1.59. The molecule has 0 unspecified atom stereocenters. The van der Waals surface area contributed by atoms with Crippen LogP contribution in [0.25, 0.3) is 0 Å². The van der Waals surface area contributed by atoms with E-state index < -0.39 is 124 Å². The number of carbonyl (C=O) groups excluding carboxylic acids is 3. The molecule has 3 aromatic carbocycles. The zero-order valence-electron chi connectivity index (χ0n) is 22.3. The molecule has 0 aliphatic carbocycles. The lowest BCUT2D eigenvalue weighted by molar-refractivity contribution is -0.284. The van der Waals surface area contributed by atoms with Crippen molar-refractivity contribution in [2.75, 3.05) is 6.61 Å². The molecule has 0 amide bonds. The van der Waals surface area contributed by atoms with Crippen LogP contribution in [0.1, 0.15) is 31.1 Å². The normalized spacial score (nSPS) is 21.1. The molecule has 0 radical (unpaired) electrons. The van der Waals surface area contributed by atoms with E-state index in [1.165, 1.54) is 0 Å². The first-order valence-corrected chi connectivity index (χ1v) is 12.4. The molecule has 0 aromatic heterocycles. The van der Waals surface area contributed by atoms with E-state index >= 15 is 0 Å². The van der Waals surface area contributed by atoms with Gasteiger partial charge in [0.15, 0.2) is 64.0 Å². The summed E-state index contributed by atoms with van der Waals surface area (Å²) < 4.78 is 20.6. The Kier molecular flexibility index (Phi) is 8.84. The fourth-order valence-corrected chi connectivity index (χ4v) is 4.05. The number of aliphatic hydroxyl groups is 2. The number of benzene rings is 3. The lowest BCUT2D eigenvalue weighted by atomic mass is 9.98. The standard InChI is InChI=1S/C27H24O18/c28-11-1-8(2-12(29)18(11)34)24(39)42-7-17-21(37)23(44-25(40)9-3-13(30)19(35)14(31)4-9)22(38)27(43-17)45-26(41)10-5-15(32)20(36)16(33)6-10/h1-6,17,21-23,27-38H,7H2/t17-,21-,22-,23-,27+/m1/s1. The van der Waals surface area contributed by atoms with Crippen LogP contribution in [-0.4, -0.2) is 111 Å². The summed E-state index contributed by atoms with van der Waals surface area (Å²) in [6.07, 6.45) is -10.2. The quantitative estimate of drug-likeness (QED) is 0.0902. The second-order valence-electron chi connectivity index (χ2n) is 9.49. The van der Waals surface area contributed by atoms with Gasteiger partial charge in [-0.2, -0.15) is 0 Å². The third-order valence-electron chi connectivity index (χ3n) is 6.40. The van der Waals surface area contributed by atoms with Crippen molar-refractivity contribution in [1.82, 2.24) is 0 Å². The Hall–Kier alpha value is -5.85. The van der Waals surface area contributed by atoms with Gasteiger partial charge < -0.3 is 75.1 Å². The number of carbonyl (C=O) groups is 3. The molecule has 18 heteroatoms. The maximum Gasteiger partial charge on any atom is 0.340 e. The molecule has 45 heavy (non-hydrogen) atoms. The molecule has 1 fully saturated rings. The lowest BCUT2D eigenvalue weighted by Crippen LogP contribution is -2.61. The van der Waals surface area contributed by atoms with Crippen molar-refractivity contribution in [3.8, 4) is 51.7 Å². The minimum Gasteiger partial charge on any atom is -0.504 e. The smallest absolute Gasteiger partial charge is 0.340 e. The average Bonchev–Trinajstić information content (AvgIpc) is 2.99. The van der Waals surface area contributed by atoms with Gasteiger partial charge in [0.2, 0.25) is 6.29 Å². The van der Waals surface area contributed by atoms with Gasteiger partial charge in [0.1, 0.15) is 18.8 Å². The molecule has 11 N–H and O–H groups in total. The lowest BCUT2D eigenvalue weighted by Gasteiger charge is -2.41. The summed E-state index contributed by atoms with van der Waals surface area (Å²) in [7, 11) is 0. The highest BCUT2D eigenvalue weighted by molar-refractivity contribution is 5.92. The Morgan fingerprint density at radius 1 is 0.556 bits per heavy atom. The van der Waals surface area contributed by atoms with Crippen LogP contribution in [-0.2, 0) is 18.9 Å². The molecule has 18 nitrogen and oxygen atoms in total. The van der Waals surface area contributed by atoms with E-state index in [0.29, 0.717) is 24.3 Å². The van der Waals surface area contributed by atoms with Crippen molar-refractivity contribution in [2.24, 2.45) is 0 Å². The second kappa shape index (κ2) is 12.4. The summed E-state index contributed by atoms with van der Waals surface area (Å²) in [6, 6.07) is 4.20. The van der Waals surface area contributed by atoms with Crippen LogP contribution in [0.3, 0.4) is 0 Å². The van der Waals surface area contributed by atoms with E-state index in [1.807, 2.05) is 0 Å². The number of phenolic OH excluding ortho intramolecular Hbond substituents is 9. The molecular formula is C27H24O18. The van der Waals surface area contributed by atoms with Crippen molar-refractivity contribution >= 4 is 17.9 Å². The van der Waals surface area contributed by atoms with E-state index in [4.69, 9.17) is 18.9 Å². The summed E-state index contributed by atoms with van der Waals surface area (Å²) in [6.45, 7) is -0.918. The molecule has 1 saturated heterocycles. The summed E-state index contributed by atoms with van der Waals surface area (Å²) in [4.78, 5) is 38.1. The van der Waals surface area contributed by atoms with Crippen molar-refractivity contribution in [3.63, 3.8) is 0 Å². The minimum absolute atomic E-state index is 0.474. The van der Waals surface area contributed by atoms with E-state index in [9.17, 15) is 70.6 Å². The van der Waals surface area contributed by atoms with Crippen molar-refractivity contribution in [2.45, 2.75) is 30.7 Å². The monoisotopic (exact) mass is 636 g/mol. The third-order valence-corrected chi connectivity index (χ3v) is 6.40. The van der Waals surface area contributed by atoms with E-state index in [0.717, 1.165) is 12.1 Å². The van der Waals surface area contributed by atoms with Crippen molar-refractivity contribution in [3.05, 3.63) is 53.1 Å². The van der Waals surface area contributed by atoms with Gasteiger partial charge in [-0.3, -0.25) is 0 Å². The van der Waals surface area contributed by atoms with E-state index in [2.05, 4.69) is 0 Å². The average molecular weight is 636 g/mol. The zero-order valence-corrected chi connectivity index (χ0v) is 22.3. The number of aliphatic hydroxyl groups excluding tert-OH is 2. The number of ether oxygens (including phenoxy) is 4. The second-order valence-corrected chi connectivity index (χ2v) is 9.49. The van der Waals surface area contributed by atoms with Gasteiger partial charge >= 0.3 is 17.9 Å². The third kappa shape index (κ3) is 6.56. The largest absolute Gasteiger partial charge is 0.504 e. The molecule has 1 heterocycles. The molecule has 1 aliphatic rings. The summed E-state index contributed by atoms with van der Waals surface area (Å²) in [5.74, 6) is -12.3. The van der Waals surface area contributed by atoms with Gasteiger partial charge in [0, 0.05) is 0 Å². The maximum atomic E-state index is 12.8. The predicted molar refractivity (Wildman–Crippen MR) is 140 cm³/mol. The molecular weight excluding hydrogens is 612 g/mol. The Morgan fingerprint density at radius 3 is 1.31 bits per heavy atom. The van der Waals surface area contributed by atoms with Gasteiger partial charge in [-0.25, -0.2) is 14.4 Å². The first-order chi connectivity index (χ1) is 21.1. The van der Waals surface area contributed by atoms with Gasteiger partial charge in [0.05, 0.1) is 16.7 Å². The SMILES string of the molecule is O=C(OC[C@H]1O[C@@H](OC(=O)c2cc(O)c(O)c(O)c2)[C@H](O)[C@H](OC(=O)c2cc(O)c(O)c(O)c2)[C@@H]1O)c1cc(O)c(O)c(O)c1. The van der Waals surface area contributed by atoms with Crippen molar-refractivity contribution < 1.29 is 89.5 Å². The summed E-state index contributed by atoms with van der Waals surface area (Å²) >= 11 is 0. The topological polar surface area (TPSA) is 311 Å². The fourth-order valence-electron chi connectivity index (χ4n) is 4.05. The van der Waals surface area contributed by atoms with Crippen molar-refractivity contribution in [1.29, 1.82) is 0 Å². The van der Waals surface area contributed by atoms with Gasteiger partial charge in [0.25, 0.3) is 0 Å². The summed E-state index contributed by atoms with van der Waals surface area (Å²) in [5, 5.41) is 108. The highest BCUT2D eigenvalue weighted by Crippen LogP contribution is 2.38. The highest BCUT2D eigenvalue weighted by Gasteiger charge is 2.49. The molecule has 4 rings (SSSR count). The molecule has 0 spiro atoms. The Labute approximate surface area is 249 Å². The number of hydrogen-bond acceptors (Lipinski definition) is 18. The van der Waals surface area contributed by atoms with E-state index in [-0.39, 0.29) is 0 Å². The van der Waals surface area contributed by atoms with Crippen LogP contribution in [0.4, 0.5) is 0 Å². The number of rotatable bonds is 7. The van der Waals surface area contributed by atoms with Crippen LogP contribution >= 0.6 is 0 Å². The van der Waals surface area contributed by atoms with Crippen LogP contribution in [0.2, 0.25) is 0 Å². The molecule has 240 valence electrons. The van der Waals surface area contributed by atoms with Gasteiger partial charge in [-0.15, -0.1) is 0 Å². The van der Waals surface area contributed by atoms with Crippen LogP contribution in [0.5, 0.6) is 51.7 Å². The van der Waals surface area contributed by atoms with Crippen LogP contribution < -0.4 is 0 Å². The Morgan fingerprint density at radius 2 is 0.911 bits per heavy atom. The molecule has 1 aliphatic heterocycles. The number of phenols is 9. The van der Waals surface area contributed by atoms with Crippen LogP contribution in [0.15, 0.2) is 36.4 Å². The first kappa shape index (κ1) is 32.1. The predicted octanol–water partition coefficient (Wildman–Crippen LogP) is -0.277. The molecule has 0 saturated carbocycles. The minimum atomic E-state index is -2.19. The van der Waals surface area contributed by atoms with Gasteiger partial charge in [-0.1, -0.05) is 0 Å². The summed E-state index contributed by atoms with van der Waals surface area (Å²) in [5.41, 5.74) is -1.62. The number of hydrogen-bond donors (Lipinski definition) is 11. The molecule has 5 atom stereocenters. The molecule has 0 bridgehead atoms. The maximum absolute atomic E-state index is 12.8. The Bertz CT molecular complexity index is 1580. The van der Waals surface area contributed by atoms with E-state index in [1.54, 1.807) is 0 Å². The first-order valence-electron chi connectivity index (χ1n) is 12.4.